The SMILES string of the molecule is NOC1CCCN(Cc2cccnc2)C1. The lowest BCUT2D eigenvalue weighted by atomic mass is 10.1. The minimum Gasteiger partial charge on any atom is -0.300 e. The predicted octanol–water partition coefficient (Wildman–Crippen LogP) is 0.936. The first-order valence-corrected chi connectivity index (χ1v) is 5.35. The number of nitrogens with two attached hydrogens (primary N) is 1. The van der Waals surface area contributed by atoms with Crippen molar-refractivity contribution < 1.29 is 4.84 Å². The van der Waals surface area contributed by atoms with Crippen LogP contribution in [0.5, 0.6) is 0 Å². The summed E-state index contributed by atoms with van der Waals surface area (Å²) in [6, 6.07) is 4.07. The number of nitrogens with zero attached hydrogens (tertiary/aromatic N) is 2. The fraction of sp³-hybridized carbons (Fsp3) is 0.545. The Balaban J connectivity index is 1.89. The second-order valence-corrected chi connectivity index (χ2v) is 4.00. The van der Waals surface area contributed by atoms with Gasteiger partial charge in [0.1, 0.15) is 0 Å². The molecule has 1 aliphatic heterocycles. The van der Waals surface area contributed by atoms with E-state index in [9.17, 15) is 0 Å². The van der Waals surface area contributed by atoms with Gasteiger partial charge in [-0.25, -0.2) is 5.90 Å². The average Bonchev–Trinajstić information content (AvgIpc) is 2.31. The molecule has 4 nitrogen and oxygen atoms in total. The number of pyridine rings is 1. The first-order chi connectivity index (χ1) is 7.38. The lowest BCUT2D eigenvalue weighted by molar-refractivity contribution is -0.00369. The Morgan fingerprint density at radius 2 is 2.53 bits per heavy atom. The van der Waals surface area contributed by atoms with Crippen LogP contribution >= 0.6 is 0 Å². The summed E-state index contributed by atoms with van der Waals surface area (Å²) >= 11 is 0. The van der Waals surface area contributed by atoms with Crippen LogP contribution in [0.15, 0.2) is 24.5 Å². The van der Waals surface area contributed by atoms with Crippen LogP contribution in [-0.2, 0) is 11.4 Å². The fourth-order valence-electron chi connectivity index (χ4n) is 2.02. The van der Waals surface area contributed by atoms with Crippen LogP contribution in [0.25, 0.3) is 0 Å². The quantitative estimate of drug-likeness (QED) is 0.749. The Bertz CT molecular complexity index is 291. The Hall–Kier alpha value is -0.970. The van der Waals surface area contributed by atoms with Crippen molar-refractivity contribution in [2.75, 3.05) is 13.1 Å². The van der Waals surface area contributed by atoms with Gasteiger partial charge in [-0.2, -0.15) is 0 Å². The Morgan fingerprint density at radius 3 is 3.27 bits per heavy atom. The molecule has 1 aliphatic rings. The van der Waals surface area contributed by atoms with Gasteiger partial charge < -0.3 is 0 Å². The molecule has 0 saturated carbocycles. The van der Waals surface area contributed by atoms with Crippen LogP contribution in [0.2, 0.25) is 0 Å². The zero-order chi connectivity index (χ0) is 10.5. The van der Waals surface area contributed by atoms with Gasteiger partial charge in [0.05, 0.1) is 6.10 Å². The zero-order valence-electron chi connectivity index (χ0n) is 8.80. The standard InChI is InChI=1S/C11H17N3O/c12-15-11-4-2-6-14(9-11)8-10-3-1-5-13-7-10/h1,3,5,7,11H,2,4,6,8-9,12H2. The van der Waals surface area contributed by atoms with E-state index in [0.717, 1.165) is 32.5 Å². The maximum atomic E-state index is 5.22. The smallest absolute Gasteiger partial charge is 0.0914 e. The molecule has 0 spiro atoms. The molecule has 0 aliphatic carbocycles. The first-order valence-electron chi connectivity index (χ1n) is 5.35. The van der Waals surface area contributed by atoms with Gasteiger partial charge >= 0.3 is 0 Å². The summed E-state index contributed by atoms with van der Waals surface area (Å²) in [5.74, 6) is 5.22. The van der Waals surface area contributed by atoms with E-state index in [4.69, 9.17) is 10.7 Å². The van der Waals surface area contributed by atoms with Gasteiger partial charge in [0, 0.05) is 25.5 Å². The number of rotatable bonds is 3. The normalized spacial score (nSPS) is 22.9. The molecule has 1 atom stereocenters. The molecule has 2 N–H and O–H groups in total. The summed E-state index contributed by atoms with van der Waals surface area (Å²) in [6.07, 6.45) is 6.12. The minimum atomic E-state index is 0.190. The average molecular weight is 207 g/mol. The molecule has 1 unspecified atom stereocenters. The van der Waals surface area contributed by atoms with E-state index in [-0.39, 0.29) is 6.10 Å². The number of hydrogen-bond donors (Lipinski definition) is 1. The van der Waals surface area contributed by atoms with Crippen LogP contribution in [-0.4, -0.2) is 29.1 Å². The van der Waals surface area contributed by atoms with Crippen LogP contribution in [0.4, 0.5) is 0 Å². The summed E-state index contributed by atoms with van der Waals surface area (Å²) in [4.78, 5) is 11.4. The summed E-state index contributed by atoms with van der Waals surface area (Å²) < 4.78 is 0. The summed E-state index contributed by atoms with van der Waals surface area (Å²) in [6.45, 7) is 2.98. The van der Waals surface area contributed by atoms with Crippen molar-refractivity contribution in [1.82, 2.24) is 9.88 Å². The van der Waals surface area contributed by atoms with E-state index in [1.165, 1.54) is 5.56 Å². The third-order valence-electron chi connectivity index (χ3n) is 2.78. The molecule has 4 heteroatoms. The highest BCUT2D eigenvalue weighted by molar-refractivity contribution is 5.08. The molecule has 0 bridgehead atoms. The van der Waals surface area contributed by atoms with E-state index < -0.39 is 0 Å². The maximum absolute atomic E-state index is 5.22. The van der Waals surface area contributed by atoms with Gasteiger partial charge in [-0.1, -0.05) is 6.07 Å². The highest BCUT2D eigenvalue weighted by atomic mass is 16.6. The van der Waals surface area contributed by atoms with Gasteiger partial charge in [-0.15, -0.1) is 0 Å². The van der Waals surface area contributed by atoms with Crippen LogP contribution in [0.1, 0.15) is 18.4 Å². The molecular formula is C11H17N3O. The van der Waals surface area contributed by atoms with Crippen molar-refractivity contribution in [2.45, 2.75) is 25.5 Å². The number of piperidine rings is 1. The first kappa shape index (κ1) is 10.5. The van der Waals surface area contributed by atoms with E-state index in [1.807, 2.05) is 12.3 Å². The van der Waals surface area contributed by atoms with Crippen LogP contribution in [0.3, 0.4) is 0 Å². The van der Waals surface area contributed by atoms with Crippen molar-refractivity contribution in [3.8, 4) is 0 Å². The molecule has 0 aromatic carbocycles. The topological polar surface area (TPSA) is 51.4 Å². The third kappa shape index (κ3) is 2.99. The largest absolute Gasteiger partial charge is 0.300 e. The fourth-order valence-corrected chi connectivity index (χ4v) is 2.02. The number of likely N-dealkylation sites (tertiary alicyclic amines) is 1. The van der Waals surface area contributed by atoms with Crippen molar-refractivity contribution in [1.29, 1.82) is 0 Å². The minimum absolute atomic E-state index is 0.190. The molecule has 15 heavy (non-hydrogen) atoms. The predicted molar refractivity (Wildman–Crippen MR) is 57.8 cm³/mol. The molecule has 1 aromatic rings. The van der Waals surface area contributed by atoms with E-state index in [1.54, 1.807) is 6.20 Å². The summed E-state index contributed by atoms with van der Waals surface area (Å²) in [5.41, 5.74) is 1.25. The highest BCUT2D eigenvalue weighted by Gasteiger charge is 2.19. The Morgan fingerprint density at radius 1 is 1.60 bits per heavy atom. The van der Waals surface area contributed by atoms with Crippen LogP contribution in [0, 0.1) is 0 Å². The van der Waals surface area contributed by atoms with Gasteiger partial charge in [0.2, 0.25) is 0 Å². The van der Waals surface area contributed by atoms with Gasteiger partial charge in [0.15, 0.2) is 0 Å². The van der Waals surface area contributed by atoms with E-state index in [2.05, 4.69) is 16.0 Å². The summed E-state index contributed by atoms with van der Waals surface area (Å²) in [7, 11) is 0. The zero-order valence-corrected chi connectivity index (χ0v) is 8.80. The Kier molecular flexibility index (Phi) is 3.66. The molecule has 2 heterocycles. The second kappa shape index (κ2) is 5.21. The number of hydrogen-bond acceptors (Lipinski definition) is 4. The molecule has 1 aromatic heterocycles. The van der Waals surface area contributed by atoms with Gasteiger partial charge in [-0.3, -0.25) is 14.7 Å². The molecule has 2 rings (SSSR count). The van der Waals surface area contributed by atoms with Crippen molar-refractivity contribution in [2.24, 2.45) is 5.90 Å². The molecular weight excluding hydrogens is 190 g/mol. The highest BCUT2D eigenvalue weighted by Crippen LogP contribution is 2.14. The lowest BCUT2D eigenvalue weighted by Gasteiger charge is -2.31. The second-order valence-electron chi connectivity index (χ2n) is 4.00. The van der Waals surface area contributed by atoms with Crippen molar-refractivity contribution in [3.63, 3.8) is 0 Å². The number of aromatic nitrogens is 1. The molecule has 82 valence electrons. The third-order valence-corrected chi connectivity index (χ3v) is 2.78. The molecule has 0 amide bonds. The van der Waals surface area contributed by atoms with Crippen molar-refractivity contribution >= 4 is 0 Å². The molecule has 1 fully saturated rings. The van der Waals surface area contributed by atoms with Crippen molar-refractivity contribution in [3.05, 3.63) is 30.1 Å². The lowest BCUT2D eigenvalue weighted by Crippen LogP contribution is -2.40. The molecule has 1 saturated heterocycles. The van der Waals surface area contributed by atoms with Crippen LogP contribution < -0.4 is 5.90 Å². The van der Waals surface area contributed by atoms with Gasteiger partial charge in [0.25, 0.3) is 0 Å². The summed E-state index contributed by atoms with van der Waals surface area (Å²) in [5, 5.41) is 0. The Labute approximate surface area is 90.0 Å². The maximum Gasteiger partial charge on any atom is 0.0914 e. The molecule has 0 radical (unpaired) electrons. The van der Waals surface area contributed by atoms with E-state index in [0.29, 0.717) is 0 Å². The monoisotopic (exact) mass is 207 g/mol. The van der Waals surface area contributed by atoms with E-state index >= 15 is 0 Å². The van der Waals surface area contributed by atoms with Gasteiger partial charge in [-0.05, 0) is 31.0 Å².